The third kappa shape index (κ3) is 2.50. The molecule has 0 aromatic heterocycles. The summed E-state index contributed by atoms with van der Waals surface area (Å²) in [5.41, 5.74) is 1.04. The molecular weight excluding hydrogens is 254 g/mol. The molecule has 2 fully saturated rings. The first-order valence-electron chi connectivity index (χ1n) is 6.78. The third-order valence-electron chi connectivity index (χ3n) is 3.76. The Morgan fingerprint density at radius 2 is 2.00 bits per heavy atom. The fourth-order valence-electron chi connectivity index (χ4n) is 2.53. The molecule has 1 aromatic carbocycles. The topological polar surface area (TPSA) is 73.2 Å². The predicted molar refractivity (Wildman–Crippen MR) is 71.8 cm³/mol. The van der Waals surface area contributed by atoms with Gasteiger partial charge in [-0.3, -0.25) is 9.59 Å². The Balaban J connectivity index is 1.61. The molecular formula is C15H15N3O2. The van der Waals surface area contributed by atoms with Gasteiger partial charge in [0.05, 0.1) is 17.7 Å². The summed E-state index contributed by atoms with van der Waals surface area (Å²) in [6.07, 6.45) is 2.56. The molecule has 1 saturated heterocycles. The van der Waals surface area contributed by atoms with Crippen LogP contribution < -0.4 is 5.32 Å². The molecule has 1 aliphatic carbocycles. The Morgan fingerprint density at radius 3 is 2.60 bits per heavy atom. The maximum absolute atomic E-state index is 12.1. The second-order valence-electron chi connectivity index (χ2n) is 5.34. The summed E-state index contributed by atoms with van der Waals surface area (Å²) in [4.78, 5) is 25.8. The average Bonchev–Trinajstić information content (AvgIpc) is 3.23. The van der Waals surface area contributed by atoms with E-state index in [1.165, 1.54) is 0 Å². The summed E-state index contributed by atoms with van der Waals surface area (Å²) in [6, 6.07) is 8.80. The molecule has 5 heteroatoms. The van der Waals surface area contributed by atoms with E-state index >= 15 is 0 Å². The van der Waals surface area contributed by atoms with E-state index in [0.717, 1.165) is 12.8 Å². The largest absolute Gasteiger partial charge is 0.347 e. The number of rotatable bonds is 3. The molecule has 20 heavy (non-hydrogen) atoms. The SMILES string of the molecule is N#Cc1ccc(C(=O)N[C@@H]2CC(=O)N(C3CC3)C2)cc1. The van der Waals surface area contributed by atoms with Gasteiger partial charge < -0.3 is 10.2 Å². The molecule has 1 aromatic rings. The van der Waals surface area contributed by atoms with Gasteiger partial charge in [0, 0.05) is 24.6 Å². The van der Waals surface area contributed by atoms with Crippen molar-refractivity contribution >= 4 is 11.8 Å². The first-order valence-corrected chi connectivity index (χ1v) is 6.78. The van der Waals surface area contributed by atoms with E-state index in [9.17, 15) is 9.59 Å². The van der Waals surface area contributed by atoms with Gasteiger partial charge in [0.25, 0.3) is 5.91 Å². The molecule has 0 radical (unpaired) electrons. The average molecular weight is 269 g/mol. The highest BCUT2D eigenvalue weighted by Crippen LogP contribution is 2.30. The van der Waals surface area contributed by atoms with Crippen molar-refractivity contribution in [1.82, 2.24) is 10.2 Å². The Morgan fingerprint density at radius 1 is 1.30 bits per heavy atom. The van der Waals surface area contributed by atoms with Gasteiger partial charge >= 0.3 is 0 Å². The van der Waals surface area contributed by atoms with Gasteiger partial charge in [-0.05, 0) is 37.1 Å². The Labute approximate surface area is 117 Å². The van der Waals surface area contributed by atoms with Gasteiger partial charge in [0.2, 0.25) is 5.91 Å². The minimum Gasteiger partial charge on any atom is -0.347 e. The number of carbonyl (C=O) groups is 2. The van der Waals surface area contributed by atoms with Crippen LogP contribution in [-0.4, -0.2) is 35.3 Å². The molecule has 1 heterocycles. The summed E-state index contributed by atoms with van der Waals surface area (Å²) in [7, 11) is 0. The number of amides is 2. The maximum Gasteiger partial charge on any atom is 0.251 e. The number of benzene rings is 1. The lowest BCUT2D eigenvalue weighted by molar-refractivity contribution is -0.128. The summed E-state index contributed by atoms with van der Waals surface area (Å²) >= 11 is 0. The number of hydrogen-bond acceptors (Lipinski definition) is 3. The van der Waals surface area contributed by atoms with E-state index in [2.05, 4.69) is 5.32 Å². The maximum atomic E-state index is 12.1. The zero-order valence-electron chi connectivity index (χ0n) is 11.0. The van der Waals surface area contributed by atoms with Crippen LogP contribution in [0.1, 0.15) is 35.2 Å². The molecule has 2 amide bonds. The normalized spacial score (nSPS) is 21.6. The fraction of sp³-hybridized carbons (Fsp3) is 0.400. The Bertz CT molecular complexity index is 584. The highest BCUT2D eigenvalue weighted by molar-refractivity contribution is 5.95. The monoisotopic (exact) mass is 269 g/mol. The highest BCUT2D eigenvalue weighted by Gasteiger charge is 2.39. The van der Waals surface area contributed by atoms with Crippen LogP contribution in [-0.2, 0) is 4.79 Å². The van der Waals surface area contributed by atoms with Crippen molar-refractivity contribution in [2.24, 2.45) is 0 Å². The second kappa shape index (κ2) is 4.97. The first-order chi connectivity index (χ1) is 9.67. The Hall–Kier alpha value is -2.35. The molecule has 1 saturated carbocycles. The third-order valence-corrected chi connectivity index (χ3v) is 3.76. The Kier molecular flexibility index (Phi) is 3.15. The number of nitrogens with zero attached hydrogens (tertiary/aromatic N) is 2. The smallest absolute Gasteiger partial charge is 0.251 e. The fourth-order valence-corrected chi connectivity index (χ4v) is 2.53. The minimum atomic E-state index is -0.190. The van der Waals surface area contributed by atoms with Crippen LogP contribution in [0.5, 0.6) is 0 Å². The van der Waals surface area contributed by atoms with E-state index in [-0.39, 0.29) is 17.9 Å². The molecule has 1 aliphatic heterocycles. The zero-order valence-corrected chi connectivity index (χ0v) is 11.0. The lowest BCUT2D eigenvalue weighted by atomic mass is 10.1. The summed E-state index contributed by atoms with van der Waals surface area (Å²) in [6.45, 7) is 0.617. The number of nitrogens with one attached hydrogen (secondary N) is 1. The standard InChI is InChI=1S/C15H15N3O2/c16-8-10-1-3-11(4-2-10)15(20)17-12-7-14(19)18(9-12)13-5-6-13/h1-4,12-13H,5-7,9H2,(H,17,20)/t12-/m1/s1. The van der Waals surface area contributed by atoms with Crippen LogP contribution in [0.25, 0.3) is 0 Å². The van der Waals surface area contributed by atoms with Crippen molar-refractivity contribution < 1.29 is 9.59 Å². The van der Waals surface area contributed by atoms with Crippen LogP contribution in [0.4, 0.5) is 0 Å². The van der Waals surface area contributed by atoms with Gasteiger partial charge in [0.15, 0.2) is 0 Å². The molecule has 0 bridgehead atoms. The van der Waals surface area contributed by atoms with Crippen LogP contribution in [0.2, 0.25) is 0 Å². The van der Waals surface area contributed by atoms with Crippen molar-refractivity contribution in [2.75, 3.05) is 6.54 Å². The molecule has 102 valence electrons. The molecule has 1 atom stereocenters. The predicted octanol–water partition coefficient (Wildman–Crippen LogP) is 1.05. The molecule has 0 spiro atoms. The lowest BCUT2D eigenvalue weighted by Crippen LogP contribution is -2.37. The van der Waals surface area contributed by atoms with Gasteiger partial charge in [-0.15, -0.1) is 0 Å². The molecule has 2 aliphatic rings. The van der Waals surface area contributed by atoms with Crippen LogP contribution in [0.15, 0.2) is 24.3 Å². The van der Waals surface area contributed by atoms with Crippen molar-refractivity contribution in [3.8, 4) is 6.07 Å². The first kappa shape index (κ1) is 12.7. The highest BCUT2D eigenvalue weighted by atomic mass is 16.2. The van der Waals surface area contributed by atoms with Crippen molar-refractivity contribution in [3.63, 3.8) is 0 Å². The van der Waals surface area contributed by atoms with E-state index in [1.54, 1.807) is 24.3 Å². The zero-order chi connectivity index (χ0) is 14.1. The number of carbonyl (C=O) groups excluding carboxylic acids is 2. The van der Waals surface area contributed by atoms with Crippen LogP contribution in [0.3, 0.4) is 0 Å². The van der Waals surface area contributed by atoms with E-state index in [4.69, 9.17) is 5.26 Å². The second-order valence-corrected chi connectivity index (χ2v) is 5.34. The van der Waals surface area contributed by atoms with E-state index in [0.29, 0.717) is 30.1 Å². The summed E-state index contributed by atoms with van der Waals surface area (Å²) in [5.74, 6) is -0.0532. The summed E-state index contributed by atoms with van der Waals surface area (Å²) in [5, 5.41) is 11.6. The van der Waals surface area contributed by atoms with Crippen LogP contribution >= 0.6 is 0 Å². The summed E-state index contributed by atoms with van der Waals surface area (Å²) < 4.78 is 0. The molecule has 3 rings (SSSR count). The molecule has 0 unspecified atom stereocenters. The lowest BCUT2D eigenvalue weighted by Gasteiger charge is -2.16. The van der Waals surface area contributed by atoms with Crippen molar-refractivity contribution in [1.29, 1.82) is 5.26 Å². The number of hydrogen-bond donors (Lipinski definition) is 1. The minimum absolute atomic E-state index is 0.105. The van der Waals surface area contributed by atoms with Crippen LogP contribution in [0, 0.1) is 11.3 Å². The van der Waals surface area contributed by atoms with Gasteiger partial charge in [-0.2, -0.15) is 5.26 Å². The van der Waals surface area contributed by atoms with Crippen molar-refractivity contribution in [3.05, 3.63) is 35.4 Å². The van der Waals surface area contributed by atoms with E-state index < -0.39 is 0 Å². The van der Waals surface area contributed by atoms with E-state index in [1.807, 2.05) is 11.0 Å². The van der Waals surface area contributed by atoms with Gasteiger partial charge in [-0.1, -0.05) is 0 Å². The van der Waals surface area contributed by atoms with Crippen molar-refractivity contribution in [2.45, 2.75) is 31.3 Å². The molecule has 1 N–H and O–H groups in total. The quantitative estimate of drug-likeness (QED) is 0.891. The molecule has 5 nitrogen and oxygen atoms in total. The number of likely N-dealkylation sites (tertiary alicyclic amines) is 1. The van der Waals surface area contributed by atoms with Gasteiger partial charge in [-0.25, -0.2) is 0 Å². The van der Waals surface area contributed by atoms with Gasteiger partial charge in [0.1, 0.15) is 0 Å². The number of nitriles is 1.